The summed E-state index contributed by atoms with van der Waals surface area (Å²) < 4.78 is 6.25. The van der Waals surface area contributed by atoms with E-state index in [0.29, 0.717) is 48.8 Å². The van der Waals surface area contributed by atoms with Crippen LogP contribution in [0.25, 0.3) is 10.1 Å². The number of hydrogen-bond acceptors (Lipinski definition) is 6. The standard InChI is InChI=1S/C21H26N4O3S/c1-13-19(14-2-4-24(13)5-3-14)23-20(26)16-11-17-15(12-22-16)10-18(29-17)21(27)25-6-8-28-9-7-25/h10-14,19H,2-9H2,1H3,(H,23,26)/t13-,19-/m0/s1. The van der Waals surface area contributed by atoms with E-state index in [-0.39, 0.29) is 17.9 Å². The number of carbonyl (C=O) groups excluding carboxylic acids is 2. The van der Waals surface area contributed by atoms with Crippen molar-refractivity contribution in [2.75, 3.05) is 39.4 Å². The minimum atomic E-state index is -0.119. The molecular formula is C21H26N4O3S. The fourth-order valence-corrected chi connectivity index (χ4v) is 5.90. The van der Waals surface area contributed by atoms with E-state index < -0.39 is 0 Å². The second-order valence-corrected chi connectivity index (χ2v) is 9.32. The van der Waals surface area contributed by atoms with E-state index >= 15 is 0 Å². The normalized spacial score (nSPS) is 29.2. The summed E-state index contributed by atoms with van der Waals surface area (Å²) in [6.45, 7) is 6.89. The summed E-state index contributed by atoms with van der Waals surface area (Å²) in [5, 5.41) is 4.14. The van der Waals surface area contributed by atoms with Gasteiger partial charge in [0.05, 0.1) is 18.1 Å². The van der Waals surface area contributed by atoms with E-state index in [1.165, 1.54) is 11.3 Å². The third-order valence-electron chi connectivity index (χ3n) is 6.62. The van der Waals surface area contributed by atoms with Gasteiger partial charge in [-0.1, -0.05) is 0 Å². The Kier molecular flexibility index (Phi) is 5.01. The van der Waals surface area contributed by atoms with Crippen molar-refractivity contribution in [1.29, 1.82) is 0 Å². The molecule has 4 aliphatic heterocycles. The Balaban J connectivity index is 1.33. The number of thiophene rings is 1. The highest BCUT2D eigenvalue weighted by atomic mass is 32.1. The van der Waals surface area contributed by atoms with Crippen LogP contribution in [0.5, 0.6) is 0 Å². The quantitative estimate of drug-likeness (QED) is 0.831. The number of amides is 2. The molecule has 7 nitrogen and oxygen atoms in total. The number of pyridine rings is 1. The predicted octanol–water partition coefficient (Wildman–Crippen LogP) is 1.98. The van der Waals surface area contributed by atoms with Crippen LogP contribution in [0.4, 0.5) is 0 Å². The first-order chi connectivity index (χ1) is 14.1. The Morgan fingerprint density at radius 1 is 1.17 bits per heavy atom. The molecule has 1 N–H and O–H groups in total. The molecule has 2 amide bonds. The molecule has 29 heavy (non-hydrogen) atoms. The molecule has 0 unspecified atom stereocenters. The van der Waals surface area contributed by atoms with Crippen molar-refractivity contribution < 1.29 is 14.3 Å². The van der Waals surface area contributed by atoms with Gasteiger partial charge in [-0.25, -0.2) is 0 Å². The summed E-state index contributed by atoms with van der Waals surface area (Å²) in [7, 11) is 0. The zero-order valence-corrected chi connectivity index (χ0v) is 17.4. The molecule has 0 aromatic carbocycles. The average molecular weight is 415 g/mol. The number of nitrogens with zero attached hydrogens (tertiary/aromatic N) is 3. The van der Waals surface area contributed by atoms with Crippen molar-refractivity contribution in [3.63, 3.8) is 0 Å². The predicted molar refractivity (Wildman–Crippen MR) is 111 cm³/mol. The number of carbonyl (C=O) groups is 2. The maximum atomic E-state index is 12.9. The van der Waals surface area contributed by atoms with Gasteiger partial charge >= 0.3 is 0 Å². The Morgan fingerprint density at radius 2 is 1.93 bits per heavy atom. The van der Waals surface area contributed by atoms with E-state index in [9.17, 15) is 9.59 Å². The summed E-state index contributed by atoms with van der Waals surface area (Å²) in [6, 6.07) is 4.25. The lowest BCUT2D eigenvalue weighted by atomic mass is 9.79. The minimum Gasteiger partial charge on any atom is -0.378 e. The Bertz CT molecular complexity index is 929. The molecule has 0 aliphatic carbocycles. The smallest absolute Gasteiger partial charge is 0.270 e. The van der Waals surface area contributed by atoms with Crippen molar-refractivity contribution in [1.82, 2.24) is 20.1 Å². The molecule has 8 heteroatoms. The van der Waals surface area contributed by atoms with Gasteiger partial charge in [-0.2, -0.15) is 0 Å². The molecule has 4 aliphatic rings. The molecule has 0 saturated carbocycles. The lowest BCUT2D eigenvalue weighted by molar-refractivity contribution is 0.0216. The number of fused-ring (bicyclic) bond motifs is 4. The van der Waals surface area contributed by atoms with Crippen LogP contribution in [0.1, 0.15) is 39.9 Å². The number of morpholine rings is 1. The van der Waals surface area contributed by atoms with Crippen LogP contribution in [0.3, 0.4) is 0 Å². The molecule has 2 bridgehead atoms. The molecule has 2 aromatic heterocycles. The Hall–Kier alpha value is -2.03. The third kappa shape index (κ3) is 3.53. The molecule has 4 saturated heterocycles. The molecule has 0 radical (unpaired) electrons. The van der Waals surface area contributed by atoms with Crippen molar-refractivity contribution in [3.8, 4) is 0 Å². The lowest BCUT2D eigenvalue weighted by Gasteiger charge is -2.49. The number of ether oxygens (including phenoxy) is 1. The van der Waals surface area contributed by atoms with Crippen LogP contribution in [-0.4, -0.2) is 78.1 Å². The second-order valence-electron chi connectivity index (χ2n) is 8.24. The van der Waals surface area contributed by atoms with Crippen LogP contribution in [0.15, 0.2) is 18.3 Å². The average Bonchev–Trinajstić information content (AvgIpc) is 3.20. The molecule has 2 aromatic rings. The van der Waals surface area contributed by atoms with Crippen LogP contribution in [-0.2, 0) is 4.74 Å². The van der Waals surface area contributed by atoms with E-state index in [1.54, 1.807) is 6.20 Å². The molecule has 6 heterocycles. The van der Waals surface area contributed by atoms with E-state index in [4.69, 9.17) is 4.74 Å². The van der Waals surface area contributed by atoms with E-state index in [1.807, 2.05) is 17.0 Å². The van der Waals surface area contributed by atoms with Gasteiger partial charge in [-0.3, -0.25) is 19.5 Å². The van der Waals surface area contributed by atoms with Gasteiger partial charge in [0.2, 0.25) is 0 Å². The number of piperidine rings is 3. The van der Waals surface area contributed by atoms with Crippen LogP contribution >= 0.6 is 11.3 Å². The number of aromatic nitrogens is 1. The SMILES string of the molecule is C[C@H]1[C@H](NC(=O)c2cc3sc(C(=O)N4CCOCC4)cc3cn2)C2CCN1CC2. The fourth-order valence-electron chi connectivity index (χ4n) is 4.86. The van der Waals surface area contributed by atoms with Gasteiger partial charge in [0.15, 0.2) is 0 Å². The van der Waals surface area contributed by atoms with Gasteiger partial charge in [-0.05, 0) is 50.9 Å². The molecule has 0 spiro atoms. The summed E-state index contributed by atoms with van der Waals surface area (Å²) in [5.41, 5.74) is 0.424. The first-order valence-electron chi connectivity index (χ1n) is 10.4. The zero-order chi connectivity index (χ0) is 20.0. The van der Waals surface area contributed by atoms with Crippen molar-refractivity contribution in [2.24, 2.45) is 5.92 Å². The van der Waals surface area contributed by atoms with Crippen molar-refractivity contribution >= 4 is 33.2 Å². The summed E-state index contributed by atoms with van der Waals surface area (Å²) in [5.74, 6) is 0.468. The van der Waals surface area contributed by atoms with Gasteiger partial charge in [0, 0.05) is 41.5 Å². The van der Waals surface area contributed by atoms with Crippen LogP contribution in [0.2, 0.25) is 0 Å². The number of nitrogens with one attached hydrogen (secondary N) is 1. The summed E-state index contributed by atoms with van der Waals surface area (Å²) in [6.07, 6.45) is 4.01. The Labute approximate surface area is 174 Å². The lowest BCUT2D eigenvalue weighted by Crippen LogP contribution is -2.62. The van der Waals surface area contributed by atoms with Crippen molar-refractivity contribution in [3.05, 3.63) is 28.9 Å². The van der Waals surface area contributed by atoms with Gasteiger partial charge in [0.1, 0.15) is 5.69 Å². The third-order valence-corrected chi connectivity index (χ3v) is 7.70. The van der Waals surface area contributed by atoms with Gasteiger partial charge in [-0.15, -0.1) is 11.3 Å². The van der Waals surface area contributed by atoms with Gasteiger partial charge < -0.3 is 15.0 Å². The molecule has 4 fully saturated rings. The largest absolute Gasteiger partial charge is 0.378 e. The van der Waals surface area contributed by atoms with E-state index in [2.05, 4.69) is 22.1 Å². The highest BCUT2D eigenvalue weighted by Crippen LogP contribution is 2.32. The first-order valence-corrected chi connectivity index (χ1v) is 11.2. The van der Waals surface area contributed by atoms with Gasteiger partial charge in [0.25, 0.3) is 11.8 Å². The zero-order valence-electron chi connectivity index (χ0n) is 16.6. The molecule has 154 valence electrons. The molecule has 6 rings (SSSR count). The maximum absolute atomic E-state index is 12.9. The fraction of sp³-hybridized carbons (Fsp3) is 0.571. The summed E-state index contributed by atoms with van der Waals surface area (Å²) >= 11 is 1.43. The summed E-state index contributed by atoms with van der Waals surface area (Å²) in [4.78, 5) is 35.0. The minimum absolute atomic E-state index is 0.0293. The van der Waals surface area contributed by atoms with E-state index in [0.717, 1.165) is 36.0 Å². The highest BCUT2D eigenvalue weighted by Gasteiger charge is 2.40. The maximum Gasteiger partial charge on any atom is 0.270 e. The molecular weight excluding hydrogens is 388 g/mol. The topological polar surface area (TPSA) is 74.8 Å². The molecule has 2 atom stereocenters. The monoisotopic (exact) mass is 414 g/mol. The Morgan fingerprint density at radius 3 is 2.66 bits per heavy atom. The number of hydrogen-bond donors (Lipinski definition) is 1. The van der Waals surface area contributed by atoms with Crippen LogP contribution in [0, 0.1) is 5.92 Å². The van der Waals surface area contributed by atoms with Crippen molar-refractivity contribution in [2.45, 2.75) is 31.8 Å². The first kappa shape index (κ1) is 19.0. The number of rotatable bonds is 3. The van der Waals surface area contributed by atoms with Crippen LogP contribution < -0.4 is 5.32 Å². The second kappa shape index (κ2) is 7.66. The highest BCUT2D eigenvalue weighted by molar-refractivity contribution is 7.20.